The molecule has 0 bridgehead atoms. The summed E-state index contributed by atoms with van der Waals surface area (Å²) in [5.41, 5.74) is 6.86. The smallest absolute Gasteiger partial charge is 0.255 e. The highest BCUT2D eigenvalue weighted by Crippen LogP contribution is 2.23. The average Bonchev–Trinajstić information content (AvgIpc) is 2.49. The van der Waals surface area contributed by atoms with Gasteiger partial charge in [-0.3, -0.25) is 4.79 Å². The summed E-state index contributed by atoms with van der Waals surface area (Å²) in [6.45, 7) is 0. The van der Waals surface area contributed by atoms with Crippen molar-refractivity contribution in [2.24, 2.45) is 10.9 Å². The summed E-state index contributed by atoms with van der Waals surface area (Å²) in [5.74, 6) is -0.346. The fourth-order valence-electron chi connectivity index (χ4n) is 1.62. The fourth-order valence-corrected chi connectivity index (χ4v) is 1.79. The molecule has 0 fully saturated rings. The Morgan fingerprint density at radius 2 is 1.85 bits per heavy atom. The number of benzene rings is 2. The maximum absolute atomic E-state index is 12.0. The van der Waals surface area contributed by atoms with E-state index in [0.717, 1.165) is 0 Å². The molecule has 0 heterocycles. The first-order chi connectivity index (χ1) is 9.61. The number of carbonyl (C=O) groups excluding carboxylic acids is 1. The van der Waals surface area contributed by atoms with E-state index >= 15 is 0 Å². The molecule has 0 aromatic heterocycles. The number of amides is 1. The molecule has 0 saturated carbocycles. The molecule has 0 aliphatic carbocycles. The van der Waals surface area contributed by atoms with E-state index in [1.165, 1.54) is 6.07 Å². The predicted octanol–water partition coefficient (Wildman–Crippen LogP) is 2.69. The Morgan fingerprint density at radius 3 is 2.50 bits per heavy atom. The van der Waals surface area contributed by atoms with Crippen LogP contribution in [0.4, 0.5) is 5.69 Å². The Labute approximate surface area is 120 Å². The Bertz CT molecular complexity index is 657. The van der Waals surface area contributed by atoms with Gasteiger partial charge in [0.25, 0.3) is 5.91 Å². The zero-order chi connectivity index (χ0) is 14.5. The quantitative estimate of drug-likeness (QED) is 0.351. The van der Waals surface area contributed by atoms with E-state index < -0.39 is 0 Å². The van der Waals surface area contributed by atoms with Gasteiger partial charge in [0.2, 0.25) is 0 Å². The minimum Gasteiger partial charge on any atom is -0.409 e. The van der Waals surface area contributed by atoms with Crippen molar-refractivity contribution in [3.63, 3.8) is 0 Å². The molecule has 20 heavy (non-hydrogen) atoms. The van der Waals surface area contributed by atoms with Crippen LogP contribution in [-0.2, 0) is 0 Å². The van der Waals surface area contributed by atoms with E-state index in [9.17, 15) is 4.79 Å². The Kier molecular flexibility index (Phi) is 4.22. The standard InChI is InChI=1S/C14H12ClN3O2/c15-11-7-6-10(13(16)18-20)8-12(11)17-14(19)9-4-2-1-3-5-9/h1-8,20H,(H2,16,18)(H,17,19). The van der Waals surface area contributed by atoms with Crippen molar-refractivity contribution in [3.05, 3.63) is 64.7 Å². The molecule has 4 N–H and O–H groups in total. The van der Waals surface area contributed by atoms with Crippen LogP contribution in [0.2, 0.25) is 5.02 Å². The van der Waals surface area contributed by atoms with Crippen LogP contribution in [0.1, 0.15) is 15.9 Å². The van der Waals surface area contributed by atoms with Crippen molar-refractivity contribution in [3.8, 4) is 0 Å². The molecular formula is C14H12ClN3O2. The zero-order valence-electron chi connectivity index (χ0n) is 10.4. The van der Waals surface area contributed by atoms with Crippen molar-refractivity contribution in [2.45, 2.75) is 0 Å². The number of nitrogens with zero attached hydrogens (tertiary/aromatic N) is 1. The number of nitrogens with two attached hydrogens (primary N) is 1. The Balaban J connectivity index is 2.27. The summed E-state index contributed by atoms with van der Waals surface area (Å²) in [7, 11) is 0. The zero-order valence-corrected chi connectivity index (χ0v) is 11.1. The number of rotatable bonds is 3. The fraction of sp³-hybridized carbons (Fsp3) is 0. The van der Waals surface area contributed by atoms with Gasteiger partial charge in [0.15, 0.2) is 5.84 Å². The van der Waals surface area contributed by atoms with Crippen molar-refractivity contribution in [1.29, 1.82) is 0 Å². The largest absolute Gasteiger partial charge is 0.409 e. The highest BCUT2D eigenvalue weighted by Gasteiger charge is 2.10. The highest BCUT2D eigenvalue weighted by molar-refractivity contribution is 6.34. The van der Waals surface area contributed by atoms with E-state index in [1.54, 1.807) is 36.4 Å². The van der Waals surface area contributed by atoms with Crippen molar-refractivity contribution in [2.75, 3.05) is 5.32 Å². The second-order valence-corrected chi connectivity index (χ2v) is 4.41. The molecule has 0 unspecified atom stereocenters. The molecule has 6 heteroatoms. The first kappa shape index (κ1) is 13.9. The maximum Gasteiger partial charge on any atom is 0.255 e. The van der Waals surface area contributed by atoms with Crippen LogP contribution >= 0.6 is 11.6 Å². The van der Waals surface area contributed by atoms with Crippen LogP contribution in [0.15, 0.2) is 53.7 Å². The normalized spacial score (nSPS) is 11.2. The number of hydrogen-bond donors (Lipinski definition) is 3. The lowest BCUT2D eigenvalue weighted by Gasteiger charge is -2.09. The van der Waals surface area contributed by atoms with Crippen LogP contribution in [0.25, 0.3) is 0 Å². The summed E-state index contributed by atoms with van der Waals surface area (Å²) in [5, 5.41) is 14.6. The van der Waals surface area contributed by atoms with Gasteiger partial charge in [-0.25, -0.2) is 0 Å². The van der Waals surface area contributed by atoms with Crippen LogP contribution in [-0.4, -0.2) is 17.0 Å². The van der Waals surface area contributed by atoms with Gasteiger partial charge >= 0.3 is 0 Å². The van der Waals surface area contributed by atoms with Crippen molar-refractivity contribution >= 4 is 29.0 Å². The van der Waals surface area contributed by atoms with E-state index in [2.05, 4.69) is 10.5 Å². The van der Waals surface area contributed by atoms with E-state index in [-0.39, 0.29) is 11.7 Å². The maximum atomic E-state index is 12.0. The summed E-state index contributed by atoms with van der Waals surface area (Å²) >= 11 is 6.02. The lowest BCUT2D eigenvalue weighted by molar-refractivity contribution is 0.102. The van der Waals surface area contributed by atoms with Crippen LogP contribution in [0.3, 0.4) is 0 Å². The molecular weight excluding hydrogens is 278 g/mol. The summed E-state index contributed by atoms with van der Waals surface area (Å²) in [6.07, 6.45) is 0. The van der Waals surface area contributed by atoms with Gasteiger partial charge in [0.1, 0.15) is 0 Å². The molecule has 1 amide bonds. The Morgan fingerprint density at radius 1 is 1.15 bits per heavy atom. The minimum absolute atomic E-state index is 0.0584. The van der Waals surface area contributed by atoms with Gasteiger partial charge in [-0.1, -0.05) is 35.0 Å². The third kappa shape index (κ3) is 3.07. The molecule has 0 radical (unpaired) electrons. The second-order valence-electron chi connectivity index (χ2n) is 4.00. The number of halogens is 1. The average molecular weight is 290 g/mol. The van der Waals surface area contributed by atoms with Gasteiger partial charge in [0.05, 0.1) is 10.7 Å². The van der Waals surface area contributed by atoms with Crippen LogP contribution in [0.5, 0.6) is 0 Å². The molecule has 2 aromatic rings. The number of anilines is 1. The van der Waals surface area contributed by atoms with Crippen molar-refractivity contribution < 1.29 is 10.0 Å². The van der Waals surface area contributed by atoms with Gasteiger partial charge in [0, 0.05) is 11.1 Å². The third-order valence-corrected chi connectivity index (χ3v) is 2.98. The number of hydrogen-bond acceptors (Lipinski definition) is 3. The number of oxime groups is 1. The molecule has 0 atom stereocenters. The molecule has 0 aliphatic rings. The second kappa shape index (κ2) is 6.08. The Hall–Kier alpha value is -2.53. The molecule has 0 saturated heterocycles. The van der Waals surface area contributed by atoms with Crippen molar-refractivity contribution in [1.82, 2.24) is 0 Å². The van der Waals surface area contributed by atoms with Gasteiger partial charge in [-0.2, -0.15) is 0 Å². The molecule has 2 aromatic carbocycles. The molecule has 0 aliphatic heterocycles. The summed E-state index contributed by atoms with van der Waals surface area (Å²) < 4.78 is 0. The SMILES string of the molecule is N/C(=N/O)c1ccc(Cl)c(NC(=O)c2ccccc2)c1. The minimum atomic E-state index is -0.288. The lowest BCUT2D eigenvalue weighted by atomic mass is 10.1. The molecule has 5 nitrogen and oxygen atoms in total. The molecule has 102 valence electrons. The van der Waals surface area contributed by atoms with E-state index in [4.69, 9.17) is 22.5 Å². The third-order valence-electron chi connectivity index (χ3n) is 2.65. The number of carbonyl (C=O) groups is 1. The number of nitrogens with one attached hydrogen (secondary N) is 1. The van der Waals surface area contributed by atoms with E-state index in [0.29, 0.717) is 21.8 Å². The van der Waals surface area contributed by atoms with E-state index in [1.807, 2.05) is 6.07 Å². The van der Waals surface area contributed by atoms with Gasteiger partial charge in [-0.15, -0.1) is 0 Å². The summed E-state index contributed by atoms with van der Waals surface area (Å²) in [4.78, 5) is 12.0. The van der Waals surface area contributed by atoms with Gasteiger partial charge in [-0.05, 0) is 30.3 Å². The molecule has 0 spiro atoms. The monoisotopic (exact) mass is 289 g/mol. The number of amidine groups is 1. The van der Waals surface area contributed by atoms with Gasteiger partial charge < -0.3 is 16.3 Å². The van der Waals surface area contributed by atoms with Crippen LogP contribution < -0.4 is 11.1 Å². The predicted molar refractivity (Wildman–Crippen MR) is 78.4 cm³/mol. The highest BCUT2D eigenvalue weighted by atomic mass is 35.5. The lowest BCUT2D eigenvalue weighted by Crippen LogP contribution is -2.15. The molecule has 2 rings (SSSR count). The first-order valence-electron chi connectivity index (χ1n) is 5.75. The first-order valence-corrected chi connectivity index (χ1v) is 6.13. The van der Waals surface area contributed by atoms with Crippen LogP contribution in [0, 0.1) is 0 Å². The summed E-state index contributed by atoms with van der Waals surface area (Å²) in [6, 6.07) is 13.4. The topological polar surface area (TPSA) is 87.7 Å².